The van der Waals surface area contributed by atoms with E-state index < -0.39 is 11.6 Å². The first-order valence-corrected chi connectivity index (χ1v) is 9.99. The third kappa shape index (κ3) is 2.94. The minimum atomic E-state index is -0.951. The van der Waals surface area contributed by atoms with Crippen LogP contribution in [0.4, 0.5) is 13.9 Å². The Bertz CT molecular complexity index is 1070. The van der Waals surface area contributed by atoms with Crippen LogP contribution in [0.3, 0.4) is 0 Å². The Morgan fingerprint density at radius 1 is 1.36 bits per heavy atom. The summed E-state index contributed by atoms with van der Waals surface area (Å²) in [5.74, 6) is -2.13. The highest BCUT2D eigenvalue weighted by molar-refractivity contribution is 7.15. The number of aliphatic hydroxyl groups is 1. The zero-order valence-corrected chi connectivity index (χ0v) is 15.7. The fraction of sp³-hybridized carbons (Fsp3) is 0.368. The second-order valence-corrected chi connectivity index (χ2v) is 8.42. The molecule has 3 N–H and O–H groups in total. The molecular formula is C19H18F2N4O2S. The molecule has 2 aliphatic rings. The van der Waals surface area contributed by atoms with Gasteiger partial charge < -0.3 is 20.3 Å². The molecule has 1 saturated carbocycles. The minimum absolute atomic E-state index is 0.0769. The van der Waals surface area contributed by atoms with Crippen LogP contribution in [0.2, 0.25) is 0 Å². The summed E-state index contributed by atoms with van der Waals surface area (Å²) >= 11 is 1.52. The van der Waals surface area contributed by atoms with E-state index in [0.717, 1.165) is 34.6 Å². The maximum atomic E-state index is 13.9. The number of rotatable bonds is 3. The van der Waals surface area contributed by atoms with Crippen LogP contribution >= 0.6 is 11.3 Å². The largest absolute Gasteiger partial charge is 0.393 e. The van der Waals surface area contributed by atoms with Crippen molar-refractivity contribution in [2.24, 2.45) is 0 Å². The Labute approximate surface area is 163 Å². The number of H-pyrrole nitrogens is 1. The SMILES string of the molecule is O=C(c1cc2c(F)c(F)ccc2[nH]1)N1CCc2nc(N[C@H]3C[C@H](O)C3)sc2C1. The summed E-state index contributed by atoms with van der Waals surface area (Å²) in [5.41, 5.74) is 1.63. The van der Waals surface area contributed by atoms with Crippen LogP contribution in [0.1, 0.15) is 33.9 Å². The Morgan fingerprint density at radius 2 is 2.18 bits per heavy atom. The van der Waals surface area contributed by atoms with Crippen LogP contribution in [0.15, 0.2) is 18.2 Å². The van der Waals surface area contributed by atoms with Gasteiger partial charge in [-0.3, -0.25) is 4.79 Å². The standard InChI is InChI=1S/C19H18F2N4O2S/c20-12-1-2-13-11(17(12)21)7-15(23-13)18(27)25-4-3-14-16(8-25)28-19(24-14)22-9-5-10(26)6-9/h1-2,7,9-10,23,26H,3-6,8H2,(H,22,24)/t9-,10-. The third-order valence-electron chi connectivity index (χ3n) is 5.38. The molecule has 0 spiro atoms. The van der Waals surface area contributed by atoms with Crippen LogP contribution in [0.25, 0.3) is 10.9 Å². The van der Waals surface area contributed by atoms with Gasteiger partial charge in [0.2, 0.25) is 0 Å². The van der Waals surface area contributed by atoms with Crippen LogP contribution in [0.5, 0.6) is 0 Å². The average molecular weight is 404 g/mol. The number of nitrogens with one attached hydrogen (secondary N) is 2. The van der Waals surface area contributed by atoms with Crippen LogP contribution in [-0.2, 0) is 13.0 Å². The molecule has 0 radical (unpaired) electrons. The summed E-state index contributed by atoms with van der Waals surface area (Å²) < 4.78 is 27.3. The molecule has 28 heavy (non-hydrogen) atoms. The second kappa shape index (κ2) is 6.52. The van der Waals surface area contributed by atoms with Crippen molar-refractivity contribution < 1.29 is 18.7 Å². The summed E-state index contributed by atoms with van der Waals surface area (Å²) in [6.45, 7) is 0.955. The molecule has 1 amide bonds. The number of aliphatic hydroxyl groups excluding tert-OH is 1. The molecule has 0 saturated heterocycles. The van der Waals surface area contributed by atoms with Gasteiger partial charge >= 0.3 is 0 Å². The molecule has 0 bridgehead atoms. The maximum absolute atomic E-state index is 13.9. The molecule has 2 aromatic heterocycles. The number of hydrogen-bond donors (Lipinski definition) is 3. The van der Waals surface area contributed by atoms with Gasteiger partial charge in [0.25, 0.3) is 5.91 Å². The molecule has 146 valence electrons. The number of halogens is 2. The van der Waals surface area contributed by atoms with Crippen molar-refractivity contribution in [2.45, 2.75) is 38.0 Å². The summed E-state index contributed by atoms with van der Waals surface area (Å²) in [7, 11) is 0. The summed E-state index contributed by atoms with van der Waals surface area (Å²) in [6, 6.07) is 4.09. The average Bonchev–Trinajstić information content (AvgIpc) is 3.26. The van der Waals surface area contributed by atoms with E-state index in [1.807, 2.05) is 0 Å². The number of hydrogen-bond acceptors (Lipinski definition) is 5. The van der Waals surface area contributed by atoms with Crippen molar-refractivity contribution in [1.82, 2.24) is 14.9 Å². The lowest BCUT2D eigenvalue weighted by Crippen LogP contribution is -2.38. The zero-order chi connectivity index (χ0) is 19.4. The molecule has 1 aliphatic carbocycles. The van der Waals surface area contributed by atoms with Gasteiger partial charge in [-0.15, -0.1) is 0 Å². The molecule has 1 aromatic carbocycles. The highest BCUT2D eigenvalue weighted by Crippen LogP contribution is 2.32. The highest BCUT2D eigenvalue weighted by atomic mass is 32.1. The van der Waals surface area contributed by atoms with Crippen molar-refractivity contribution in [2.75, 3.05) is 11.9 Å². The number of fused-ring (bicyclic) bond motifs is 2. The van der Waals surface area contributed by atoms with E-state index in [1.165, 1.54) is 23.5 Å². The number of carbonyl (C=O) groups is 1. The first-order valence-electron chi connectivity index (χ1n) is 9.17. The maximum Gasteiger partial charge on any atom is 0.270 e. The van der Waals surface area contributed by atoms with E-state index in [9.17, 15) is 18.7 Å². The van der Waals surface area contributed by atoms with Gasteiger partial charge in [0.15, 0.2) is 16.8 Å². The number of amides is 1. The molecule has 1 fully saturated rings. The summed E-state index contributed by atoms with van der Waals surface area (Å²) in [6.07, 6.45) is 1.88. The number of benzene rings is 1. The smallest absolute Gasteiger partial charge is 0.270 e. The molecule has 9 heteroatoms. The van der Waals surface area contributed by atoms with Gasteiger partial charge in [0.1, 0.15) is 5.69 Å². The van der Waals surface area contributed by atoms with Crippen LogP contribution < -0.4 is 5.32 Å². The first kappa shape index (κ1) is 17.6. The van der Waals surface area contributed by atoms with Gasteiger partial charge in [0, 0.05) is 34.8 Å². The molecule has 6 nitrogen and oxygen atoms in total. The minimum Gasteiger partial charge on any atom is -0.393 e. The van der Waals surface area contributed by atoms with E-state index in [4.69, 9.17) is 0 Å². The molecule has 0 unspecified atom stereocenters. The number of aromatic amines is 1. The lowest BCUT2D eigenvalue weighted by atomic mass is 9.90. The topological polar surface area (TPSA) is 81.2 Å². The van der Waals surface area contributed by atoms with Crippen LogP contribution in [-0.4, -0.2) is 44.6 Å². The number of nitrogens with zero attached hydrogens (tertiary/aromatic N) is 2. The number of anilines is 1. The number of thiazole rings is 1. The Kier molecular flexibility index (Phi) is 4.09. The van der Waals surface area contributed by atoms with Gasteiger partial charge in [-0.05, 0) is 31.0 Å². The Balaban J connectivity index is 1.33. The van der Waals surface area contributed by atoms with Gasteiger partial charge in [-0.2, -0.15) is 0 Å². The Morgan fingerprint density at radius 3 is 2.96 bits per heavy atom. The quantitative estimate of drug-likeness (QED) is 0.627. The van der Waals surface area contributed by atoms with Crippen LogP contribution in [0, 0.1) is 11.6 Å². The molecule has 0 atom stereocenters. The monoisotopic (exact) mass is 404 g/mol. The fourth-order valence-corrected chi connectivity index (χ4v) is 4.84. The van der Waals surface area contributed by atoms with Crippen molar-refractivity contribution in [3.05, 3.63) is 46.1 Å². The lowest BCUT2D eigenvalue weighted by molar-refractivity contribution is 0.0731. The predicted octanol–water partition coefficient (Wildman–Crippen LogP) is 3.04. The fourth-order valence-electron chi connectivity index (χ4n) is 3.74. The van der Waals surface area contributed by atoms with Crippen molar-refractivity contribution >= 4 is 33.3 Å². The van der Waals surface area contributed by atoms with Gasteiger partial charge in [-0.1, -0.05) is 11.3 Å². The lowest BCUT2D eigenvalue weighted by Gasteiger charge is -2.31. The third-order valence-corrected chi connectivity index (χ3v) is 6.39. The van der Waals surface area contributed by atoms with E-state index >= 15 is 0 Å². The van der Waals surface area contributed by atoms with Gasteiger partial charge in [0.05, 0.1) is 18.3 Å². The van der Waals surface area contributed by atoms with E-state index in [-0.39, 0.29) is 29.1 Å². The number of aromatic nitrogens is 2. The molecule has 3 heterocycles. The normalized spacial score (nSPS) is 21.5. The van der Waals surface area contributed by atoms with Crippen molar-refractivity contribution in [1.29, 1.82) is 0 Å². The number of carbonyl (C=O) groups excluding carboxylic acids is 1. The highest BCUT2D eigenvalue weighted by Gasteiger charge is 2.30. The zero-order valence-electron chi connectivity index (χ0n) is 14.8. The van der Waals surface area contributed by atoms with E-state index in [1.54, 1.807) is 4.90 Å². The molecule has 3 aromatic rings. The Hall–Kier alpha value is -2.52. The van der Waals surface area contributed by atoms with Crippen molar-refractivity contribution in [3.8, 4) is 0 Å². The summed E-state index contributed by atoms with van der Waals surface area (Å²) in [5, 5.41) is 13.6. The first-order chi connectivity index (χ1) is 13.5. The molecular weight excluding hydrogens is 386 g/mol. The second-order valence-electron chi connectivity index (χ2n) is 7.34. The van der Waals surface area contributed by atoms with E-state index in [0.29, 0.717) is 25.0 Å². The summed E-state index contributed by atoms with van der Waals surface area (Å²) in [4.78, 5) is 23.1. The molecule has 5 rings (SSSR count). The van der Waals surface area contributed by atoms with E-state index in [2.05, 4.69) is 15.3 Å². The molecule has 1 aliphatic heterocycles. The van der Waals surface area contributed by atoms with Gasteiger partial charge in [-0.25, -0.2) is 13.8 Å². The van der Waals surface area contributed by atoms with Crippen molar-refractivity contribution in [3.63, 3.8) is 0 Å². The predicted molar refractivity (Wildman–Crippen MR) is 101 cm³/mol.